The average Bonchev–Trinajstić information content (AvgIpc) is 2.37. The van der Waals surface area contributed by atoms with E-state index in [0.717, 1.165) is 30.7 Å². The molecule has 20 heavy (non-hydrogen) atoms. The molecule has 0 aromatic heterocycles. The van der Waals surface area contributed by atoms with Crippen LogP contribution in [-0.2, 0) is 4.79 Å². The minimum absolute atomic E-state index is 0.0534. The highest BCUT2D eigenvalue weighted by Crippen LogP contribution is 2.20. The first-order valence-corrected chi connectivity index (χ1v) is 7.16. The van der Waals surface area contributed by atoms with Crippen molar-refractivity contribution in [3.8, 4) is 5.75 Å². The minimum Gasteiger partial charge on any atom is -0.493 e. The average molecular weight is 277 g/mol. The lowest BCUT2D eigenvalue weighted by Crippen LogP contribution is -2.48. The Balaban J connectivity index is 1.78. The number of piperidine rings is 1. The molecule has 1 fully saturated rings. The summed E-state index contributed by atoms with van der Waals surface area (Å²) in [4.78, 5) is 13.8. The van der Waals surface area contributed by atoms with Crippen LogP contribution in [0.2, 0.25) is 0 Å². The van der Waals surface area contributed by atoms with Crippen LogP contribution in [0.1, 0.15) is 31.7 Å². The van der Waals surface area contributed by atoms with Crippen molar-refractivity contribution in [2.45, 2.75) is 38.7 Å². The zero-order chi connectivity index (χ0) is 14.6. The minimum atomic E-state index is -0.745. The van der Waals surface area contributed by atoms with Crippen molar-refractivity contribution in [3.05, 3.63) is 29.8 Å². The van der Waals surface area contributed by atoms with Gasteiger partial charge < -0.3 is 14.7 Å². The zero-order valence-corrected chi connectivity index (χ0v) is 12.3. The van der Waals surface area contributed by atoms with Crippen molar-refractivity contribution in [1.29, 1.82) is 0 Å². The highest BCUT2D eigenvalue weighted by atomic mass is 16.5. The molecule has 0 spiro atoms. The van der Waals surface area contributed by atoms with E-state index in [4.69, 9.17) is 4.74 Å². The van der Waals surface area contributed by atoms with E-state index in [9.17, 15) is 9.90 Å². The topological polar surface area (TPSA) is 49.8 Å². The van der Waals surface area contributed by atoms with Crippen molar-refractivity contribution >= 4 is 5.91 Å². The van der Waals surface area contributed by atoms with Crippen molar-refractivity contribution in [2.24, 2.45) is 0 Å². The number of likely N-dealkylation sites (tertiary alicyclic amines) is 1. The van der Waals surface area contributed by atoms with Gasteiger partial charge in [0.1, 0.15) is 5.75 Å². The fourth-order valence-corrected chi connectivity index (χ4v) is 2.55. The number of amides is 1. The van der Waals surface area contributed by atoms with Gasteiger partial charge in [0.05, 0.1) is 18.6 Å². The van der Waals surface area contributed by atoms with Gasteiger partial charge in [0.2, 0.25) is 5.91 Å². The van der Waals surface area contributed by atoms with Crippen LogP contribution in [0, 0.1) is 6.92 Å². The molecule has 110 valence electrons. The monoisotopic (exact) mass is 277 g/mol. The van der Waals surface area contributed by atoms with Crippen molar-refractivity contribution in [1.82, 2.24) is 4.90 Å². The number of aryl methyl sites for hydroxylation is 1. The summed E-state index contributed by atoms with van der Waals surface area (Å²) in [6.45, 7) is 5.33. The van der Waals surface area contributed by atoms with E-state index in [2.05, 4.69) is 0 Å². The Bertz CT molecular complexity index is 471. The zero-order valence-electron chi connectivity index (χ0n) is 12.3. The Morgan fingerprint density at radius 1 is 1.50 bits per heavy atom. The van der Waals surface area contributed by atoms with Crippen LogP contribution in [0.15, 0.2) is 24.3 Å². The third-order valence-corrected chi connectivity index (χ3v) is 3.60. The van der Waals surface area contributed by atoms with Gasteiger partial charge in [-0.25, -0.2) is 0 Å². The molecular weight excluding hydrogens is 254 g/mol. The Morgan fingerprint density at radius 2 is 2.30 bits per heavy atom. The smallest absolute Gasteiger partial charge is 0.226 e. The number of nitrogens with zero attached hydrogens (tertiary/aromatic N) is 1. The fraction of sp³-hybridized carbons (Fsp3) is 0.562. The molecule has 1 aromatic rings. The van der Waals surface area contributed by atoms with Crippen LogP contribution in [0.5, 0.6) is 5.75 Å². The number of carbonyl (C=O) groups is 1. The van der Waals surface area contributed by atoms with Gasteiger partial charge >= 0.3 is 0 Å². The summed E-state index contributed by atoms with van der Waals surface area (Å²) in [6.07, 6.45) is 1.97. The molecule has 1 atom stereocenters. The third kappa shape index (κ3) is 4.23. The van der Waals surface area contributed by atoms with Crippen LogP contribution >= 0.6 is 0 Å². The number of aliphatic hydroxyl groups is 1. The highest BCUT2D eigenvalue weighted by molar-refractivity contribution is 5.76. The molecule has 1 unspecified atom stereocenters. The van der Waals surface area contributed by atoms with E-state index < -0.39 is 5.60 Å². The van der Waals surface area contributed by atoms with E-state index in [-0.39, 0.29) is 5.91 Å². The lowest BCUT2D eigenvalue weighted by Gasteiger charge is -2.36. The summed E-state index contributed by atoms with van der Waals surface area (Å²) in [6, 6.07) is 7.79. The second-order valence-corrected chi connectivity index (χ2v) is 5.83. The molecule has 0 bridgehead atoms. The maximum absolute atomic E-state index is 12.1. The maximum atomic E-state index is 12.1. The van der Waals surface area contributed by atoms with E-state index in [0.29, 0.717) is 19.6 Å². The maximum Gasteiger partial charge on any atom is 0.226 e. The molecule has 0 aliphatic carbocycles. The van der Waals surface area contributed by atoms with Crippen molar-refractivity contribution in [2.75, 3.05) is 19.7 Å². The number of benzene rings is 1. The number of hydrogen-bond acceptors (Lipinski definition) is 3. The van der Waals surface area contributed by atoms with Crippen molar-refractivity contribution < 1.29 is 14.6 Å². The summed E-state index contributed by atoms with van der Waals surface area (Å²) in [5, 5.41) is 10.0. The number of hydrogen-bond donors (Lipinski definition) is 1. The van der Waals surface area contributed by atoms with Crippen LogP contribution in [-0.4, -0.2) is 41.2 Å². The van der Waals surface area contributed by atoms with Gasteiger partial charge in [-0.1, -0.05) is 12.1 Å². The van der Waals surface area contributed by atoms with Crippen LogP contribution in [0.3, 0.4) is 0 Å². The second-order valence-electron chi connectivity index (χ2n) is 5.83. The highest BCUT2D eigenvalue weighted by Gasteiger charge is 2.30. The van der Waals surface area contributed by atoms with Crippen LogP contribution in [0.4, 0.5) is 0 Å². The Morgan fingerprint density at radius 3 is 3.00 bits per heavy atom. The lowest BCUT2D eigenvalue weighted by molar-refractivity contribution is -0.138. The molecule has 4 nitrogen and oxygen atoms in total. The van der Waals surface area contributed by atoms with Gasteiger partial charge in [0.25, 0.3) is 0 Å². The van der Waals surface area contributed by atoms with Gasteiger partial charge in [-0.15, -0.1) is 0 Å². The third-order valence-electron chi connectivity index (χ3n) is 3.60. The number of ether oxygens (including phenoxy) is 1. The molecule has 2 rings (SSSR count). The lowest BCUT2D eigenvalue weighted by atomic mass is 9.95. The standard InChI is InChI=1S/C16H23NO3/c1-13-5-3-6-14(11-13)20-10-7-15(18)17-9-4-8-16(2,19)12-17/h3,5-6,11,19H,4,7-10,12H2,1-2H3. The summed E-state index contributed by atoms with van der Waals surface area (Å²) in [5.41, 5.74) is 0.395. The fourth-order valence-electron chi connectivity index (χ4n) is 2.55. The summed E-state index contributed by atoms with van der Waals surface area (Å²) >= 11 is 0. The second kappa shape index (κ2) is 6.27. The Labute approximate surface area is 120 Å². The summed E-state index contributed by atoms with van der Waals surface area (Å²) in [7, 11) is 0. The molecule has 1 aliphatic rings. The van der Waals surface area contributed by atoms with E-state index in [1.54, 1.807) is 11.8 Å². The molecule has 1 aromatic carbocycles. The number of β-amino-alcohol motifs (C(OH)–C–C–N with tert-alkyl or cyclic N) is 1. The first kappa shape index (κ1) is 14.9. The normalized spacial score (nSPS) is 22.6. The number of rotatable bonds is 4. The largest absolute Gasteiger partial charge is 0.493 e. The molecule has 1 heterocycles. The summed E-state index contributed by atoms with van der Waals surface area (Å²) in [5.74, 6) is 0.848. The van der Waals surface area contributed by atoms with Gasteiger partial charge in [-0.3, -0.25) is 4.79 Å². The van der Waals surface area contributed by atoms with Crippen molar-refractivity contribution in [3.63, 3.8) is 0 Å². The van der Waals surface area contributed by atoms with Gasteiger partial charge in [0.15, 0.2) is 0 Å². The molecule has 4 heteroatoms. The molecular formula is C16H23NO3. The van der Waals surface area contributed by atoms with Gasteiger partial charge in [-0.05, 0) is 44.4 Å². The predicted octanol–water partition coefficient (Wildman–Crippen LogP) is 2.14. The Kier molecular flexibility index (Phi) is 4.65. The van der Waals surface area contributed by atoms with E-state index >= 15 is 0 Å². The predicted molar refractivity (Wildman–Crippen MR) is 77.7 cm³/mol. The quantitative estimate of drug-likeness (QED) is 0.917. The SMILES string of the molecule is Cc1cccc(OCCC(=O)N2CCCC(C)(O)C2)c1. The van der Waals surface area contributed by atoms with E-state index in [1.165, 1.54) is 0 Å². The van der Waals surface area contributed by atoms with Crippen LogP contribution in [0.25, 0.3) is 0 Å². The Hall–Kier alpha value is -1.55. The molecule has 0 saturated carbocycles. The summed E-state index contributed by atoms with van der Waals surface area (Å²) < 4.78 is 5.59. The molecule has 1 saturated heterocycles. The van der Waals surface area contributed by atoms with E-state index in [1.807, 2.05) is 31.2 Å². The van der Waals surface area contributed by atoms with Crippen LogP contribution < -0.4 is 4.74 Å². The number of carbonyl (C=O) groups excluding carboxylic acids is 1. The van der Waals surface area contributed by atoms with Gasteiger partial charge in [0, 0.05) is 13.1 Å². The molecule has 1 amide bonds. The first-order valence-electron chi connectivity index (χ1n) is 7.16. The molecule has 0 radical (unpaired) electrons. The van der Waals surface area contributed by atoms with Gasteiger partial charge in [-0.2, -0.15) is 0 Å². The first-order chi connectivity index (χ1) is 9.46. The molecule has 1 N–H and O–H groups in total. The molecule has 1 aliphatic heterocycles.